The molecule has 2 unspecified atom stereocenters. The maximum absolute atomic E-state index is 13.1. The van der Waals surface area contributed by atoms with E-state index in [4.69, 9.17) is 17.2 Å². The second kappa shape index (κ2) is 14.2. The first-order valence-electron chi connectivity index (χ1n) is 13.1. The van der Waals surface area contributed by atoms with Crippen molar-refractivity contribution in [3.05, 3.63) is 70.2 Å². The fourth-order valence-corrected chi connectivity index (χ4v) is 5.81. The lowest BCUT2D eigenvalue weighted by Gasteiger charge is -2.17. The number of carbonyl (C=O) groups excluding carboxylic acids is 1. The summed E-state index contributed by atoms with van der Waals surface area (Å²) < 4.78 is 0. The summed E-state index contributed by atoms with van der Waals surface area (Å²) in [5.74, 6) is 0.195. The Kier molecular flexibility index (Phi) is 11.1. The van der Waals surface area contributed by atoms with Crippen molar-refractivity contribution < 1.29 is 4.79 Å². The molecule has 0 aliphatic carbocycles. The van der Waals surface area contributed by atoms with Crippen molar-refractivity contribution in [3.63, 3.8) is 0 Å². The summed E-state index contributed by atoms with van der Waals surface area (Å²) in [5.41, 5.74) is 4.53. The van der Waals surface area contributed by atoms with Gasteiger partial charge in [-0.15, -0.1) is 11.3 Å². The Balaban J connectivity index is 1.64. The van der Waals surface area contributed by atoms with Crippen LogP contribution in [0.5, 0.6) is 0 Å². The summed E-state index contributed by atoms with van der Waals surface area (Å²) in [5, 5.41) is 9.50. The highest BCUT2D eigenvalue weighted by atomic mass is 32.1. The van der Waals surface area contributed by atoms with E-state index < -0.39 is 0 Å². The molecule has 1 amide bonds. The summed E-state index contributed by atoms with van der Waals surface area (Å²) >= 11 is 7.15. The fraction of sp³-hybridized carbons (Fsp3) is 0.433. The Morgan fingerprint density at radius 2 is 1.81 bits per heavy atom. The van der Waals surface area contributed by atoms with Crippen molar-refractivity contribution in [1.82, 2.24) is 10.3 Å². The van der Waals surface area contributed by atoms with Crippen molar-refractivity contribution >= 4 is 40.1 Å². The highest BCUT2D eigenvalue weighted by Crippen LogP contribution is 2.32. The average Bonchev–Trinajstić information content (AvgIpc) is 3.36. The number of nitrogens with one attached hydrogen (secondary N) is 2. The van der Waals surface area contributed by atoms with Gasteiger partial charge in [0.1, 0.15) is 5.69 Å². The molecule has 0 bridgehead atoms. The summed E-state index contributed by atoms with van der Waals surface area (Å²) in [6.45, 7) is 8.65. The van der Waals surface area contributed by atoms with Gasteiger partial charge >= 0.3 is 0 Å². The van der Waals surface area contributed by atoms with Crippen LogP contribution in [-0.4, -0.2) is 21.9 Å². The van der Waals surface area contributed by atoms with E-state index in [0.29, 0.717) is 17.7 Å². The predicted octanol–water partition coefficient (Wildman–Crippen LogP) is 8.53. The van der Waals surface area contributed by atoms with Gasteiger partial charge in [-0.05, 0) is 63.6 Å². The second-order valence-electron chi connectivity index (χ2n) is 9.58. The summed E-state index contributed by atoms with van der Waals surface area (Å²) in [6, 6.07) is 16.7. The second-order valence-corrected chi connectivity index (χ2v) is 11.0. The van der Waals surface area contributed by atoms with Crippen molar-refractivity contribution in [1.29, 1.82) is 0 Å². The number of aryl methyl sites for hydroxylation is 1. The molecule has 2 atom stereocenters. The smallest absolute Gasteiger partial charge is 0.275 e. The molecule has 0 saturated carbocycles. The Bertz CT molecular complexity index is 1130. The first-order valence-corrected chi connectivity index (χ1v) is 14.4. The van der Waals surface area contributed by atoms with Gasteiger partial charge in [0, 0.05) is 28.6 Å². The molecular formula is C30H39N3OS2. The van der Waals surface area contributed by atoms with Gasteiger partial charge < -0.3 is 10.6 Å². The SMILES string of the molecule is CCCC(C)NC(=S)CCCC(CCC)c1nc(C(=O)Nc2ccc(C)cc2-c2ccccc2)cs1. The molecule has 0 saturated heterocycles. The zero-order valence-corrected chi connectivity index (χ0v) is 23.6. The van der Waals surface area contributed by atoms with Crippen LogP contribution in [0.25, 0.3) is 11.1 Å². The minimum atomic E-state index is -0.163. The number of anilines is 1. The van der Waals surface area contributed by atoms with Crippen molar-refractivity contribution in [2.75, 3.05) is 5.32 Å². The third kappa shape index (κ3) is 8.24. The number of nitrogens with zero attached hydrogens (tertiary/aromatic N) is 1. The molecule has 6 heteroatoms. The molecule has 2 N–H and O–H groups in total. The number of benzene rings is 2. The van der Waals surface area contributed by atoms with E-state index in [2.05, 4.69) is 56.5 Å². The lowest BCUT2D eigenvalue weighted by molar-refractivity contribution is 0.102. The van der Waals surface area contributed by atoms with Gasteiger partial charge in [0.25, 0.3) is 5.91 Å². The Labute approximate surface area is 225 Å². The van der Waals surface area contributed by atoms with Gasteiger partial charge in [-0.3, -0.25) is 4.79 Å². The highest BCUT2D eigenvalue weighted by Gasteiger charge is 2.19. The van der Waals surface area contributed by atoms with Gasteiger partial charge in [0.2, 0.25) is 0 Å². The largest absolute Gasteiger partial charge is 0.377 e. The molecule has 36 heavy (non-hydrogen) atoms. The molecule has 0 fully saturated rings. The fourth-order valence-electron chi connectivity index (χ4n) is 4.49. The maximum Gasteiger partial charge on any atom is 0.275 e. The average molecular weight is 522 g/mol. The van der Waals surface area contributed by atoms with E-state index in [1.807, 2.05) is 35.7 Å². The highest BCUT2D eigenvalue weighted by molar-refractivity contribution is 7.80. The molecule has 3 aromatic rings. The van der Waals surface area contributed by atoms with E-state index in [9.17, 15) is 4.79 Å². The van der Waals surface area contributed by atoms with Gasteiger partial charge in [0.15, 0.2) is 0 Å². The van der Waals surface area contributed by atoms with E-state index in [-0.39, 0.29) is 5.91 Å². The van der Waals surface area contributed by atoms with Crippen molar-refractivity contribution in [2.45, 2.75) is 84.6 Å². The van der Waals surface area contributed by atoms with Crippen molar-refractivity contribution in [3.8, 4) is 11.1 Å². The molecule has 0 aliphatic heterocycles. The molecule has 1 aromatic heterocycles. The summed E-state index contributed by atoms with van der Waals surface area (Å²) in [7, 11) is 0. The third-order valence-corrected chi connectivity index (χ3v) is 7.66. The first-order chi connectivity index (χ1) is 17.4. The Morgan fingerprint density at radius 1 is 1.06 bits per heavy atom. The summed E-state index contributed by atoms with van der Waals surface area (Å²) in [6.07, 6.45) is 7.41. The zero-order chi connectivity index (χ0) is 25.9. The van der Waals surface area contributed by atoms with Crippen LogP contribution in [0.4, 0.5) is 5.69 Å². The van der Waals surface area contributed by atoms with Crippen LogP contribution in [-0.2, 0) is 0 Å². The molecule has 0 spiro atoms. The van der Waals surface area contributed by atoms with Crippen LogP contribution in [0.3, 0.4) is 0 Å². The Morgan fingerprint density at radius 3 is 2.53 bits per heavy atom. The Hall–Kier alpha value is -2.57. The minimum Gasteiger partial charge on any atom is -0.377 e. The quantitative estimate of drug-likeness (QED) is 0.221. The number of thiazole rings is 1. The monoisotopic (exact) mass is 521 g/mol. The van der Waals surface area contributed by atoms with Gasteiger partial charge in [-0.2, -0.15) is 0 Å². The molecule has 2 aromatic carbocycles. The standard InChI is InChI=1S/C30H39N3OS2/c1-5-11-22(4)31-28(35)16-10-15-24(12-6-2)30-33-27(20-36-30)29(34)32-26-18-17-21(3)19-25(26)23-13-8-7-9-14-23/h7-9,13-14,17-20,22,24H,5-6,10-12,15-16H2,1-4H3,(H,31,35)(H,32,34). The number of hydrogen-bond acceptors (Lipinski definition) is 4. The minimum absolute atomic E-state index is 0.163. The normalized spacial score (nSPS) is 12.7. The van der Waals surface area contributed by atoms with Crippen molar-refractivity contribution in [2.24, 2.45) is 0 Å². The van der Waals surface area contributed by atoms with Crippen LogP contribution in [0.1, 0.15) is 92.7 Å². The predicted molar refractivity (Wildman–Crippen MR) is 158 cm³/mol. The zero-order valence-electron chi connectivity index (χ0n) is 22.0. The van der Waals surface area contributed by atoms with Gasteiger partial charge in [-0.1, -0.05) is 80.9 Å². The molecule has 0 aliphatic rings. The lowest BCUT2D eigenvalue weighted by Crippen LogP contribution is -2.30. The number of aromatic nitrogens is 1. The topological polar surface area (TPSA) is 54.0 Å². The number of carbonyl (C=O) groups is 1. The number of thiocarbonyl (C=S) groups is 1. The maximum atomic E-state index is 13.1. The van der Waals surface area contributed by atoms with Crippen LogP contribution < -0.4 is 10.6 Å². The number of hydrogen-bond donors (Lipinski definition) is 2. The van der Waals surface area contributed by atoms with Crippen LogP contribution >= 0.6 is 23.6 Å². The van der Waals surface area contributed by atoms with Crippen LogP contribution in [0, 0.1) is 6.92 Å². The molecule has 0 radical (unpaired) electrons. The molecule has 192 valence electrons. The number of rotatable bonds is 13. The van der Waals surface area contributed by atoms with Gasteiger partial charge in [0.05, 0.1) is 10.00 Å². The van der Waals surface area contributed by atoms with E-state index in [1.54, 1.807) is 11.3 Å². The van der Waals surface area contributed by atoms with Crippen LogP contribution in [0.15, 0.2) is 53.9 Å². The molecule has 3 rings (SSSR count). The number of amides is 1. The van der Waals surface area contributed by atoms with Crippen LogP contribution in [0.2, 0.25) is 0 Å². The van der Waals surface area contributed by atoms with E-state index in [1.165, 1.54) is 0 Å². The van der Waals surface area contributed by atoms with Gasteiger partial charge in [-0.25, -0.2) is 4.98 Å². The molecule has 4 nitrogen and oxygen atoms in total. The molecular weight excluding hydrogens is 482 g/mol. The summed E-state index contributed by atoms with van der Waals surface area (Å²) in [4.78, 5) is 18.9. The first kappa shape index (κ1) is 28.0. The van der Waals surface area contributed by atoms with E-state index >= 15 is 0 Å². The molecule has 1 heterocycles. The third-order valence-electron chi connectivity index (χ3n) is 6.33. The lowest BCUT2D eigenvalue weighted by atomic mass is 9.97. The van der Waals surface area contributed by atoms with E-state index in [0.717, 1.165) is 77.3 Å².